The molecular weight excluding hydrogens is 174 g/mol. The van der Waals surface area contributed by atoms with Crippen LogP contribution in [0.4, 0.5) is 17.6 Å². The molecule has 0 spiro atoms. The number of alkyl halides is 4. The van der Waals surface area contributed by atoms with Crippen molar-refractivity contribution in [2.24, 2.45) is 0 Å². The molecule has 1 saturated carbocycles. The molecule has 0 saturated heterocycles. The molecule has 0 radical (unpaired) electrons. The Morgan fingerprint density at radius 2 is 1.92 bits per heavy atom. The van der Waals surface area contributed by atoms with Gasteiger partial charge in [0.25, 0.3) is 0 Å². The number of halogens is 4. The van der Waals surface area contributed by atoms with E-state index >= 15 is 0 Å². The molecule has 1 aliphatic carbocycles. The van der Waals surface area contributed by atoms with E-state index in [2.05, 4.69) is 5.32 Å². The summed E-state index contributed by atoms with van der Waals surface area (Å²) in [4.78, 5) is 0. The highest BCUT2D eigenvalue weighted by Gasteiger charge is 2.53. The van der Waals surface area contributed by atoms with Crippen LogP contribution in [-0.4, -0.2) is 24.9 Å². The zero-order valence-electron chi connectivity index (χ0n) is 6.71. The third-order valence-electron chi connectivity index (χ3n) is 2.28. The van der Waals surface area contributed by atoms with E-state index in [9.17, 15) is 17.6 Å². The summed E-state index contributed by atoms with van der Waals surface area (Å²) in [6.45, 7) is 0. The van der Waals surface area contributed by atoms with Crippen LogP contribution in [0.25, 0.3) is 0 Å². The van der Waals surface area contributed by atoms with Gasteiger partial charge in [-0.1, -0.05) is 0 Å². The molecule has 1 nitrogen and oxygen atoms in total. The van der Waals surface area contributed by atoms with E-state index < -0.39 is 24.3 Å². The van der Waals surface area contributed by atoms with E-state index in [1.165, 1.54) is 7.05 Å². The smallest absolute Gasteiger partial charge is 0.309 e. The quantitative estimate of drug-likeness (QED) is 0.661. The summed E-state index contributed by atoms with van der Waals surface area (Å²) in [6.07, 6.45) is -3.19. The second-order valence-corrected chi connectivity index (χ2v) is 3.27. The molecule has 5 heteroatoms. The highest BCUT2D eigenvalue weighted by Crippen LogP contribution is 2.45. The highest BCUT2D eigenvalue weighted by atomic mass is 19.3. The van der Waals surface area contributed by atoms with Gasteiger partial charge in [-0.25, -0.2) is 17.6 Å². The Morgan fingerprint density at radius 3 is 2.17 bits per heavy atom. The first-order valence-electron chi connectivity index (χ1n) is 3.77. The fraction of sp³-hybridized carbons (Fsp3) is 1.00. The number of hydrogen-bond acceptors (Lipinski definition) is 1. The van der Waals surface area contributed by atoms with Crippen molar-refractivity contribution in [3.63, 3.8) is 0 Å². The molecule has 0 unspecified atom stereocenters. The van der Waals surface area contributed by atoms with Crippen molar-refractivity contribution in [1.29, 1.82) is 0 Å². The standard InChI is InChI=1S/C7H11F4N/c1-12-6(2-3-6)4-7(10,11)5(8)9/h5,12H,2-4H2,1H3. The summed E-state index contributed by atoms with van der Waals surface area (Å²) < 4.78 is 48.4. The van der Waals surface area contributed by atoms with Gasteiger partial charge >= 0.3 is 12.3 Å². The van der Waals surface area contributed by atoms with Crippen LogP contribution in [0.15, 0.2) is 0 Å². The van der Waals surface area contributed by atoms with Crippen LogP contribution in [0.5, 0.6) is 0 Å². The molecule has 12 heavy (non-hydrogen) atoms. The number of rotatable bonds is 4. The van der Waals surface area contributed by atoms with Crippen LogP contribution in [0, 0.1) is 0 Å². The Bertz CT molecular complexity index is 165. The highest BCUT2D eigenvalue weighted by molar-refractivity contribution is 5.04. The second-order valence-electron chi connectivity index (χ2n) is 3.27. The Kier molecular flexibility index (Phi) is 2.33. The third-order valence-corrected chi connectivity index (χ3v) is 2.28. The first-order valence-corrected chi connectivity index (χ1v) is 3.77. The maximum absolute atomic E-state index is 12.5. The Balaban J connectivity index is 2.49. The van der Waals surface area contributed by atoms with Crippen molar-refractivity contribution in [3.05, 3.63) is 0 Å². The van der Waals surface area contributed by atoms with Crippen molar-refractivity contribution in [2.45, 2.75) is 37.1 Å². The zero-order valence-corrected chi connectivity index (χ0v) is 6.71. The molecule has 72 valence electrons. The van der Waals surface area contributed by atoms with Gasteiger partial charge < -0.3 is 5.32 Å². The molecule has 1 aliphatic rings. The largest absolute Gasteiger partial charge is 0.314 e. The van der Waals surface area contributed by atoms with Crippen LogP contribution in [-0.2, 0) is 0 Å². The van der Waals surface area contributed by atoms with Crippen molar-refractivity contribution in [3.8, 4) is 0 Å². The van der Waals surface area contributed by atoms with E-state index in [-0.39, 0.29) is 0 Å². The Hall–Kier alpha value is -0.320. The maximum atomic E-state index is 12.5. The van der Waals surface area contributed by atoms with Gasteiger partial charge in [-0.05, 0) is 19.9 Å². The first kappa shape index (κ1) is 9.77. The molecule has 0 aromatic carbocycles. The third kappa shape index (κ3) is 1.88. The summed E-state index contributed by atoms with van der Waals surface area (Å²) in [6, 6.07) is 0. The van der Waals surface area contributed by atoms with Gasteiger partial charge in [-0.2, -0.15) is 0 Å². The van der Waals surface area contributed by atoms with Gasteiger partial charge in [0, 0.05) is 12.0 Å². The van der Waals surface area contributed by atoms with Crippen molar-refractivity contribution in [1.82, 2.24) is 5.32 Å². The van der Waals surface area contributed by atoms with Gasteiger partial charge in [0.15, 0.2) is 0 Å². The maximum Gasteiger partial charge on any atom is 0.309 e. The minimum absolute atomic E-state index is 0.561. The topological polar surface area (TPSA) is 12.0 Å². The normalized spacial score (nSPS) is 21.5. The predicted octanol–water partition coefficient (Wildman–Crippen LogP) is 2.03. The lowest BCUT2D eigenvalue weighted by Crippen LogP contribution is -2.38. The van der Waals surface area contributed by atoms with Crippen molar-refractivity contribution in [2.75, 3.05) is 7.05 Å². The molecule has 0 aromatic rings. The lowest BCUT2D eigenvalue weighted by Gasteiger charge is -2.21. The monoisotopic (exact) mass is 185 g/mol. The van der Waals surface area contributed by atoms with Crippen molar-refractivity contribution < 1.29 is 17.6 Å². The fourth-order valence-corrected chi connectivity index (χ4v) is 1.19. The van der Waals surface area contributed by atoms with Gasteiger partial charge in [-0.15, -0.1) is 0 Å². The van der Waals surface area contributed by atoms with Crippen LogP contribution in [0.3, 0.4) is 0 Å². The average molecular weight is 185 g/mol. The van der Waals surface area contributed by atoms with Crippen LogP contribution < -0.4 is 5.32 Å². The van der Waals surface area contributed by atoms with E-state index in [4.69, 9.17) is 0 Å². The zero-order chi connectivity index (χ0) is 9.41. The molecule has 1 fully saturated rings. The number of hydrogen-bond donors (Lipinski definition) is 1. The Labute approximate surface area is 68.1 Å². The minimum atomic E-state index is -3.85. The van der Waals surface area contributed by atoms with Gasteiger partial charge in [0.1, 0.15) is 0 Å². The molecule has 0 atom stereocenters. The predicted molar refractivity (Wildman–Crippen MR) is 36.6 cm³/mol. The van der Waals surface area contributed by atoms with E-state index in [1.807, 2.05) is 0 Å². The molecule has 1 N–H and O–H groups in total. The van der Waals surface area contributed by atoms with Crippen LogP contribution >= 0.6 is 0 Å². The van der Waals surface area contributed by atoms with Gasteiger partial charge in [-0.3, -0.25) is 0 Å². The molecule has 0 bridgehead atoms. The van der Waals surface area contributed by atoms with Gasteiger partial charge in [0.05, 0.1) is 0 Å². The lowest BCUT2D eigenvalue weighted by molar-refractivity contribution is -0.138. The molecule has 0 heterocycles. The van der Waals surface area contributed by atoms with Gasteiger partial charge in [0.2, 0.25) is 0 Å². The van der Waals surface area contributed by atoms with Crippen molar-refractivity contribution >= 4 is 0 Å². The SMILES string of the molecule is CNC1(CC(F)(F)C(F)F)CC1. The summed E-state index contributed by atoms with van der Waals surface area (Å²) in [5.41, 5.74) is -0.722. The van der Waals surface area contributed by atoms with Crippen LogP contribution in [0.1, 0.15) is 19.3 Å². The summed E-state index contributed by atoms with van der Waals surface area (Å²) in [5.74, 6) is -3.85. The Morgan fingerprint density at radius 1 is 1.42 bits per heavy atom. The fourth-order valence-electron chi connectivity index (χ4n) is 1.19. The van der Waals surface area contributed by atoms with Crippen LogP contribution in [0.2, 0.25) is 0 Å². The molecular formula is C7H11F4N. The first-order chi connectivity index (χ1) is 5.42. The number of nitrogens with one attached hydrogen (secondary N) is 1. The minimum Gasteiger partial charge on any atom is -0.314 e. The molecule has 1 rings (SSSR count). The van der Waals surface area contributed by atoms with E-state index in [1.54, 1.807) is 0 Å². The van der Waals surface area contributed by atoms with E-state index in [0.717, 1.165) is 0 Å². The summed E-state index contributed by atoms with van der Waals surface area (Å²) in [5, 5.41) is 2.65. The summed E-state index contributed by atoms with van der Waals surface area (Å²) in [7, 11) is 1.52. The lowest BCUT2D eigenvalue weighted by atomic mass is 10.1. The molecule has 0 aromatic heterocycles. The average Bonchev–Trinajstić information content (AvgIpc) is 2.68. The second kappa shape index (κ2) is 2.87. The summed E-state index contributed by atoms with van der Waals surface area (Å²) >= 11 is 0. The van der Waals surface area contributed by atoms with E-state index in [0.29, 0.717) is 12.8 Å². The molecule has 0 aliphatic heterocycles. The molecule has 0 amide bonds.